The van der Waals surface area contributed by atoms with Gasteiger partial charge >= 0.3 is 0 Å². The van der Waals surface area contributed by atoms with Crippen LogP contribution in [-0.4, -0.2) is 12.5 Å². The van der Waals surface area contributed by atoms with Crippen LogP contribution in [0.5, 0.6) is 0 Å². The SMILES string of the molecule is C=CCCNC(=O)c1ccsc1. The largest absolute Gasteiger partial charge is 0.352 e. The minimum atomic E-state index is -0.00176. The summed E-state index contributed by atoms with van der Waals surface area (Å²) in [6, 6.07) is 1.81. The highest BCUT2D eigenvalue weighted by molar-refractivity contribution is 7.08. The summed E-state index contributed by atoms with van der Waals surface area (Å²) in [5.41, 5.74) is 0.740. The molecule has 0 saturated heterocycles. The van der Waals surface area contributed by atoms with Crippen LogP contribution in [0.1, 0.15) is 16.8 Å². The molecule has 0 aromatic carbocycles. The van der Waals surface area contributed by atoms with E-state index in [1.165, 1.54) is 11.3 Å². The predicted octanol–water partition coefficient (Wildman–Crippen LogP) is 2.05. The standard InChI is InChI=1S/C9H11NOS/c1-2-3-5-10-9(11)8-4-6-12-7-8/h2,4,6-7H,1,3,5H2,(H,10,11). The maximum absolute atomic E-state index is 11.2. The molecule has 0 saturated carbocycles. The van der Waals surface area contributed by atoms with Gasteiger partial charge in [0.05, 0.1) is 0 Å². The van der Waals surface area contributed by atoms with Crippen molar-refractivity contribution in [1.29, 1.82) is 0 Å². The fourth-order valence-electron chi connectivity index (χ4n) is 0.783. The molecule has 1 N–H and O–H groups in total. The third kappa shape index (κ3) is 2.51. The summed E-state index contributed by atoms with van der Waals surface area (Å²) in [5.74, 6) is -0.00176. The van der Waals surface area contributed by atoms with Gasteiger partial charge in [-0.25, -0.2) is 0 Å². The summed E-state index contributed by atoms with van der Waals surface area (Å²) >= 11 is 1.53. The Hall–Kier alpha value is -1.09. The quantitative estimate of drug-likeness (QED) is 0.559. The number of carbonyl (C=O) groups excluding carboxylic acids is 1. The molecule has 0 radical (unpaired) electrons. The Balaban J connectivity index is 2.34. The lowest BCUT2D eigenvalue weighted by Crippen LogP contribution is -2.23. The van der Waals surface area contributed by atoms with Crippen LogP contribution in [0.15, 0.2) is 29.5 Å². The van der Waals surface area contributed by atoms with E-state index in [-0.39, 0.29) is 5.91 Å². The fraction of sp³-hybridized carbons (Fsp3) is 0.222. The lowest BCUT2D eigenvalue weighted by Gasteiger charge is -1.99. The van der Waals surface area contributed by atoms with E-state index >= 15 is 0 Å². The molecule has 0 aliphatic rings. The van der Waals surface area contributed by atoms with Gasteiger partial charge in [-0.15, -0.1) is 6.58 Å². The smallest absolute Gasteiger partial charge is 0.252 e. The van der Waals surface area contributed by atoms with Crippen molar-refractivity contribution in [2.75, 3.05) is 6.54 Å². The third-order valence-corrected chi connectivity index (χ3v) is 2.10. The second-order valence-electron chi connectivity index (χ2n) is 2.35. The van der Waals surface area contributed by atoms with Crippen molar-refractivity contribution >= 4 is 17.2 Å². The van der Waals surface area contributed by atoms with Crippen LogP contribution in [0.25, 0.3) is 0 Å². The van der Waals surface area contributed by atoms with Gasteiger partial charge in [0.25, 0.3) is 5.91 Å². The van der Waals surface area contributed by atoms with Crippen LogP contribution in [-0.2, 0) is 0 Å². The second-order valence-corrected chi connectivity index (χ2v) is 3.13. The fourth-order valence-corrected chi connectivity index (χ4v) is 1.42. The van der Waals surface area contributed by atoms with Crippen molar-refractivity contribution in [3.63, 3.8) is 0 Å². The van der Waals surface area contributed by atoms with Crippen LogP contribution >= 0.6 is 11.3 Å². The van der Waals surface area contributed by atoms with Crippen molar-refractivity contribution in [3.8, 4) is 0 Å². The number of nitrogens with one attached hydrogen (secondary N) is 1. The second kappa shape index (κ2) is 4.72. The zero-order valence-electron chi connectivity index (χ0n) is 6.75. The third-order valence-electron chi connectivity index (χ3n) is 1.42. The first-order valence-electron chi connectivity index (χ1n) is 3.76. The van der Waals surface area contributed by atoms with Crippen LogP contribution < -0.4 is 5.32 Å². The van der Waals surface area contributed by atoms with Crippen LogP contribution in [0.3, 0.4) is 0 Å². The molecule has 0 bridgehead atoms. The number of thiophene rings is 1. The molecule has 12 heavy (non-hydrogen) atoms. The van der Waals surface area contributed by atoms with Crippen molar-refractivity contribution in [2.45, 2.75) is 6.42 Å². The summed E-state index contributed by atoms with van der Waals surface area (Å²) in [7, 11) is 0. The molecule has 1 rings (SSSR count). The Bertz CT molecular complexity index is 254. The Morgan fingerprint density at radius 1 is 1.75 bits per heavy atom. The van der Waals surface area contributed by atoms with Crippen molar-refractivity contribution in [1.82, 2.24) is 5.32 Å². The van der Waals surface area contributed by atoms with Gasteiger partial charge in [0, 0.05) is 17.5 Å². The topological polar surface area (TPSA) is 29.1 Å². The molecule has 1 aromatic heterocycles. The summed E-state index contributed by atoms with van der Waals surface area (Å²) in [6.45, 7) is 4.24. The molecule has 0 fully saturated rings. The first-order chi connectivity index (χ1) is 5.84. The predicted molar refractivity (Wildman–Crippen MR) is 51.5 cm³/mol. The first kappa shape index (κ1) is 9.00. The van der Waals surface area contributed by atoms with Crippen molar-refractivity contribution in [2.24, 2.45) is 0 Å². The molecule has 0 unspecified atom stereocenters. The maximum Gasteiger partial charge on any atom is 0.252 e. The highest BCUT2D eigenvalue weighted by Crippen LogP contribution is 2.04. The first-order valence-corrected chi connectivity index (χ1v) is 4.70. The molecular formula is C9H11NOS. The molecule has 2 nitrogen and oxygen atoms in total. The highest BCUT2D eigenvalue weighted by Gasteiger charge is 2.02. The number of carbonyl (C=O) groups is 1. The number of hydrogen-bond acceptors (Lipinski definition) is 2. The van der Waals surface area contributed by atoms with Crippen molar-refractivity contribution < 1.29 is 4.79 Å². The van der Waals surface area contributed by atoms with Gasteiger partial charge in [0.2, 0.25) is 0 Å². The Kier molecular flexibility index (Phi) is 3.54. The van der Waals surface area contributed by atoms with E-state index in [0.717, 1.165) is 12.0 Å². The Morgan fingerprint density at radius 3 is 3.17 bits per heavy atom. The summed E-state index contributed by atoms with van der Waals surface area (Å²) in [4.78, 5) is 11.2. The van der Waals surface area contributed by atoms with E-state index in [4.69, 9.17) is 0 Å². The van der Waals surface area contributed by atoms with E-state index in [1.54, 1.807) is 6.08 Å². The summed E-state index contributed by atoms with van der Waals surface area (Å²) in [6.07, 6.45) is 2.60. The lowest BCUT2D eigenvalue weighted by atomic mass is 10.3. The zero-order valence-corrected chi connectivity index (χ0v) is 7.56. The average Bonchev–Trinajstić information content (AvgIpc) is 2.56. The average molecular weight is 181 g/mol. The van der Waals surface area contributed by atoms with Crippen LogP contribution in [0.2, 0.25) is 0 Å². The van der Waals surface area contributed by atoms with Gasteiger partial charge in [0.15, 0.2) is 0 Å². The molecule has 0 aliphatic heterocycles. The van der Waals surface area contributed by atoms with Crippen LogP contribution in [0.4, 0.5) is 0 Å². The van der Waals surface area contributed by atoms with E-state index in [1.807, 2.05) is 16.8 Å². The summed E-state index contributed by atoms with van der Waals surface area (Å²) < 4.78 is 0. The van der Waals surface area contributed by atoms with Gasteiger partial charge < -0.3 is 5.32 Å². The van der Waals surface area contributed by atoms with Crippen LogP contribution in [0, 0.1) is 0 Å². The molecule has 1 amide bonds. The molecule has 1 heterocycles. The highest BCUT2D eigenvalue weighted by atomic mass is 32.1. The molecule has 64 valence electrons. The van der Waals surface area contributed by atoms with E-state index < -0.39 is 0 Å². The Morgan fingerprint density at radius 2 is 2.58 bits per heavy atom. The number of rotatable bonds is 4. The molecule has 1 aromatic rings. The lowest BCUT2D eigenvalue weighted by molar-refractivity contribution is 0.0955. The van der Waals surface area contributed by atoms with Gasteiger partial charge in [0.1, 0.15) is 0 Å². The molecule has 0 atom stereocenters. The number of amides is 1. The van der Waals surface area contributed by atoms with Gasteiger partial charge in [-0.1, -0.05) is 6.08 Å². The normalized spacial score (nSPS) is 9.33. The monoisotopic (exact) mass is 181 g/mol. The molecule has 0 spiro atoms. The molecular weight excluding hydrogens is 170 g/mol. The maximum atomic E-state index is 11.2. The van der Waals surface area contributed by atoms with Crippen molar-refractivity contribution in [3.05, 3.63) is 35.0 Å². The Labute approximate surface area is 75.9 Å². The van der Waals surface area contributed by atoms with E-state index in [2.05, 4.69) is 11.9 Å². The molecule has 0 aliphatic carbocycles. The molecule has 3 heteroatoms. The van der Waals surface area contributed by atoms with E-state index in [9.17, 15) is 4.79 Å². The van der Waals surface area contributed by atoms with Gasteiger partial charge in [-0.2, -0.15) is 11.3 Å². The minimum Gasteiger partial charge on any atom is -0.352 e. The summed E-state index contributed by atoms with van der Waals surface area (Å²) in [5, 5.41) is 6.51. The zero-order chi connectivity index (χ0) is 8.81. The van der Waals surface area contributed by atoms with E-state index in [0.29, 0.717) is 6.54 Å². The minimum absolute atomic E-state index is 0.00176. The number of hydrogen-bond donors (Lipinski definition) is 1. The van der Waals surface area contributed by atoms with Gasteiger partial charge in [-0.3, -0.25) is 4.79 Å². The van der Waals surface area contributed by atoms with Gasteiger partial charge in [-0.05, 0) is 17.9 Å².